The van der Waals surface area contributed by atoms with Crippen LogP contribution >= 0.6 is 0 Å². The standard InChI is InChI=1S/C25H27FN2O4/c1-17-24-19(15-28(16-31-24)7-3-6-27-8-10-30-11-9-27)14-21-23(29)22(32-25(17)21)13-18-4-2-5-20(26)12-18/h2,4-5,12-14H,3,6-11,15-16H2,1H3/b22-13+. The van der Waals surface area contributed by atoms with E-state index in [1.54, 1.807) is 18.2 Å². The van der Waals surface area contributed by atoms with E-state index in [0.717, 1.165) is 69.2 Å². The summed E-state index contributed by atoms with van der Waals surface area (Å²) in [5.74, 6) is 1.01. The fourth-order valence-electron chi connectivity index (χ4n) is 4.53. The maximum atomic E-state index is 13.5. The third kappa shape index (κ3) is 4.28. The summed E-state index contributed by atoms with van der Waals surface area (Å²) in [6, 6.07) is 7.99. The van der Waals surface area contributed by atoms with Crippen molar-refractivity contribution in [1.29, 1.82) is 0 Å². The Morgan fingerprint density at radius 3 is 2.72 bits per heavy atom. The third-order valence-electron chi connectivity index (χ3n) is 6.20. The summed E-state index contributed by atoms with van der Waals surface area (Å²) in [5.41, 5.74) is 2.97. The lowest BCUT2D eigenvalue weighted by molar-refractivity contribution is 0.0329. The zero-order valence-corrected chi connectivity index (χ0v) is 18.2. The number of ether oxygens (including phenoxy) is 3. The SMILES string of the molecule is Cc1c2c(cc3c1O/C(=C/c1cccc(F)c1)C3=O)CN(CCCN1CCOCC1)CO2. The number of rotatable bonds is 5. The van der Waals surface area contributed by atoms with Crippen molar-refractivity contribution >= 4 is 11.9 Å². The summed E-state index contributed by atoms with van der Waals surface area (Å²) in [6.07, 6.45) is 2.65. The Kier molecular flexibility index (Phi) is 5.95. The third-order valence-corrected chi connectivity index (χ3v) is 6.20. The number of benzene rings is 2. The second-order valence-corrected chi connectivity index (χ2v) is 8.49. The van der Waals surface area contributed by atoms with Crippen LogP contribution in [0.1, 0.15) is 33.5 Å². The molecule has 0 radical (unpaired) electrons. The fourth-order valence-corrected chi connectivity index (χ4v) is 4.53. The molecule has 3 aliphatic heterocycles. The van der Waals surface area contributed by atoms with Gasteiger partial charge in [-0.2, -0.15) is 0 Å². The van der Waals surface area contributed by atoms with E-state index in [-0.39, 0.29) is 17.4 Å². The van der Waals surface area contributed by atoms with E-state index < -0.39 is 0 Å². The lowest BCUT2D eigenvalue weighted by Crippen LogP contribution is -2.39. The minimum absolute atomic E-state index is 0.181. The van der Waals surface area contributed by atoms with Crippen molar-refractivity contribution in [2.45, 2.75) is 19.9 Å². The second-order valence-electron chi connectivity index (χ2n) is 8.49. The van der Waals surface area contributed by atoms with Gasteiger partial charge in [0.25, 0.3) is 0 Å². The van der Waals surface area contributed by atoms with Crippen LogP contribution in [-0.4, -0.2) is 61.7 Å². The van der Waals surface area contributed by atoms with Crippen molar-refractivity contribution in [2.75, 3.05) is 46.1 Å². The number of carbonyl (C=O) groups is 1. The van der Waals surface area contributed by atoms with Gasteiger partial charge in [0.15, 0.2) is 5.76 Å². The highest BCUT2D eigenvalue weighted by Crippen LogP contribution is 2.43. The van der Waals surface area contributed by atoms with Crippen molar-refractivity contribution in [1.82, 2.24) is 9.80 Å². The van der Waals surface area contributed by atoms with Gasteiger partial charge in [-0.05, 0) is 49.7 Å². The van der Waals surface area contributed by atoms with E-state index in [1.807, 2.05) is 13.0 Å². The van der Waals surface area contributed by atoms with E-state index >= 15 is 0 Å². The number of hydrogen-bond donors (Lipinski definition) is 0. The van der Waals surface area contributed by atoms with Crippen molar-refractivity contribution in [3.63, 3.8) is 0 Å². The van der Waals surface area contributed by atoms with E-state index in [1.165, 1.54) is 12.1 Å². The molecule has 1 fully saturated rings. The topological polar surface area (TPSA) is 51.2 Å². The Bertz CT molecular complexity index is 1060. The first-order chi connectivity index (χ1) is 15.6. The maximum absolute atomic E-state index is 13.5. The van der Waals surface area contributed by atoms with Crippen molar-refractivity contribution in [3.05, 3.63) is 64.2 Å². The molecule has 32 heavy (non-hydrogen) atoms. The average Bonchev–Trinajstić information content (AvgIpc) is 3.10. The van der Waals surface area contributed by atoms with Gasteiger partial charge in [-0.15, -0.1) is 0 Å². The zero-order chi connectivity index (χ0) is 22.1. The largest absolute Gasteiger partial charge is 0.477 e. The van der Waals surface area contributed by atoms with Gasteiger partial charge in [-0.3, -0.25) is 14.6 Å². The highest BCUT2D eigenvalue weighted by atomic mass is 19.1. The molecule has 0 spiro atoms. The van der Waals surface area contributed by atoms with Gasteiger partial charge in [0.05, 0.1) is 18.8 Å². The summed E-state index contributed by atoms with van der Waals surface area (Å²) in [5, 5.41) is 0. The molecule has 2 aromatic carbocycles. The number of fused-ring (bicyclic) bond motifs is 2. The number of ketones is 1. The van der Waals surface area contributed by atoms with Crippen LogP contribution in [-0.2, 0) is 11.3 Å². The lowest BCUT2D eigenvalue weighted by Gasteiger charge is -2.31. The normalized spacial score (nSPS) is 20.1. The Morgan fingerprint density at radius 2 is 1.91 bits per heavy atom. The molecule has 168 valence electrons. The van der Waals surface area contributed by atoms with Crippen LogP contribution in [0.4, 0.5) is 4.39 Å². The molecule has 6 nitrogen and oxygen atoms in total. The molecule has 0 atom stereocenters. The fraction of sp³-hybridized carbons (Fsp3) is 0.400. The molecule has 3 heterocycles. The maximum Gasteiger partial charge on any atom is 0.231 e. The smallest absolute Gasteiger partial charge is 0.231 e. The molecule has 0 bridgehead atoms. The van der Waals surface area contributed by atoms with E-state index in [2.05, 4.69) is 9.80 Å². The molecule has 0 aromatic heterocycles. The zero-order valence-electron chi connectivity index (χ0n) is 18.2. The minimum atomic E-state index is -0.351. The predicted molar refractivity (Wildman–Crippen MR) is 118 cm³/mol. The van der Waals surface area contributed by atoms with Gasteiger partial charge in [0.1, 0.15) is 24.0 Å². The Balaban J connectivity index is 1.29. The average molecular weight is 438 g/mol. The van der Waals surface area contributed by atoms with Gasteiger partial charge in [-0.1, -0.05) is 12.1 Å². The van der Waals surface area contributed by atoms with Crippen LogP contribution in [0.2, 0.25) is 0 Å². The first-order valence-corrected chi connectivity index (χ1v) is 11.1. The molecular weight excluding hydrogens is 411 g/mol. The molecule has 5 rings (SSSR count). The lowest BCUT2D eigenvalue weighted by atomic mass is 10.00. The van der Waals surface area contributed by atoms with Crippen LogP contribution in [0.15, 0.2) is 36.1 Å². The molecule has 7 heteroatoms. The van der Waals surface area contributed by atoms with Gasteiger partial charge >= 0.3 is 0 Å². The molecule has 0 N–H and O–H groups in total. The summed E-state index contributed by atoms with van der Waals surface area (Å²) >= 11 is 0. The number of carbonyl (C=O) groups excluding carboxylic acids is 1. The van der Waals surface area contributed by atoms with Crippen LogP contribution in [0.5, 0.6) is 11.5 Å². The summed E-state index contributed by atoms with van der Waals surface area (Å²) in [7, 11) is 0. The summed E-state index contributed by atoms with van der Waals surface area (Å²) in [4.78, 5) is 17.7. The van der Waals surface area contributed by atoms with Gasteiger partial charge < -0.3 is 14.2 Å². The molecule has 0 unspecified atom stereocenters. The predicted octanol–water partition coefficient (Wildman–Crippen LogP) is 3.62. The first-order valence-electron chi connectivity index (χ1n) is 11.1. The minimum Gasteiger partial charge on any atom is -0.477 e. The second kappa shape index (κ2) is 9.02. The number of Topliss-reactive ketones (excluding diaryl/α,β-unsaturated/α-hetero) is 1. The van der Waals surface area contributed by atoms with E-state index in [4.69, 9.17) is 14.2 Å². The van der Waals surface area contributed by atoms with Gasteiger partial charge in [0, 0.05) is 37.3 Å². The monoisotopic (exact) mass is 438 g/mol. The molecule has 0 amide bonds. The van der Waals surface area contributed by atoms with E-state index in [9.17, 15) is 9.18 Å². The van der Waals surface area contributed by atoms with Crippen LogP contribution in [0, 0.1) is 12.7 Å². The summed E-state index contributed by atoms with van der Waals surface area (Å²) in [6.45, 7) is 8.80. The van der Waals surface area contributed by atoms with Crippen molar-refractivity contribution < 1.29 is 23.4 Å². The molecule has 2 aromatic rings. The highest BCUT2D eigenvalue weighted by Gasteiger charge is 2.33. The molecule has 1 saturated heterocycles. The first kappa shape index (κ1) is 21.1. The van der Waals surface area contributed by atoms with Crippen molar-refractivity contribution in [2.24, 2.45) is 0 Å². The molecule has 0 saturated carbocycles. The van der Waals surface area contributed by atoms with E-state index in [0.29, 0.717) is 23.6 Å². The molecule has 0 aliphatic carbocycles. The van der Waals surface area contributed by atoms with Crippen LogP contribution in [0.3, 0.4) is 0 Å². The highest BCUT2D eigenvalue weighted by molar-refractivity contribution is 6.15. The van der Waals surface area contributed by atoms with Gasteiger partial charge in [0.2, 0.25) is 5.78 Å². The number of hydrogen-bond acceptors (Lipinski definition) is 6. The summed E-state index contributed by atoms with van der Waals surface area (Å²) < 4.78 is 30.9. The Hall–Kier alpha value is -2.74. The molecular formula is C25H27FN2O4. The van der Waals surface area contributed by atoms with Crippen LogP contribution < -0.4 is 9.47 Å². The number of allylic oxidation sites excluding steroid dienone is 1. The number of halogens is 1. The Labute approximate surface area is 187 Å². The van der Waals surface area contributed by atoms with Crippen LogP contribution in [0.25, 0.3) is 6.08 Å². The quantitative estimate of drug-likeness (QED) is 0.665. The number of morpholine rings is 1. The van der Waals surface area contributed by atoms with Gasteiger partial charge in [-0.25, -0.2) is 4.39 Å². The van der Waals surface area contributed by atoms with Crippen molar-refractivity contribution in [3.8, 4) is 11.5 Å². The number of nitrogens with zero attached hydrogens (tertiary/aromatic N) is 2. The molecule has 3 aliphatic rings. The Morgan fingerprint density at radius 1 is 1.09 bits per heavy atom.